The minimum absolute atomic E-state index is 0.0405. The molecule has 1 rings (SSSR count). The van der Waals surface area contributed by atoms with Crippen LogP contribution in [0.1, 0.15) is 187 Å². The molecule has 292 valence electrons. The summed E-state index contributed by atoms with van der Waals surface area (Å²) in [7, 11) is 0. The summed E-state index contributed by atoms with van der Waals surface area (Å²) in [6, 6.07) is 5.35. The number of carbonyl (C=O) groups is 3. The Balaban J connectivity index is 2.40. The number of allylic oxidation sites excluding steroid dienone is 6. The molecule has 0 saturated carbocycles. The van der Waals surface area contributed by atoms with Gasteiger partial charge in [0.05, 0.1) is 10.8 Å². The van der Waals surface area contributed by atoms with Crippen LogP contribution in [0.15, 0.2) is 60.7 Å². The number of ketones is 2. The van der Waals surface area contributed by atoms with Gasteiger partial charge >= 0.3 is 5.97 Å². The quantitative estimate of drug-likeness (QED) is 0.0131. The Hall–Kier alpha value is -3.35. The molecule has 0 fully saturated rings. The maximum absolute atomic E-state index is 13.1. The monoisotopic (exact) mass is 722 g/mol. The van der Waals surface area contributed by atoms with Crippen LogP contribution in [0.25, 0.3) is 0 Å². The van der Waals surface area contributed by atoms with Gasteiger partial charge in [0.1, 0.15) is 5.75 Å². The molecule has 7 nitrogen and oxygen atoms in total. The molecule has 1 aromatic rings. The molecule has 1 unspecified atom stereocenters. The van der Waals surface area contributed by atoms with Crippen LogP contribution in [-0.2, 0) is 14.4 Å². The summed E-state index contributed by atoms with van der Waals surface area (Å²) in [4.78, 5) is 48.9. The molecule has 1 aromatic carbocycles. The second-order valence-corrected chi connectivity index (χ2v) is 14.3. The fourth-order valence-corrected chi connectivity index (χ4v) is 6.20. The molecule has 0 aliphatic rings. The molecule has 0 saturated heterocycles. The highest BCUT2D eigenvalue weighted by atomic mass is 16.6. The van der Waals surface area contributed by atoms with Gasteiger partial charge in [-0.1, -0.05) is 134 Å². The number of ether oxygens (including phenoxy) is 1. The first-order valence-corrected chi connectivity index (χ1v) is 20.9. The van der Waals surface area contributed by atoms with Gasteiger partial charge in [0, 0.05) is 25.0 Å². The maximum atomic E-state index is 13.1. The van der Waals surface area contributed by atoms with E-state index in [1.807, 2.05) is 0 Å². The molecule has 0 spiro atoms. The van der Waals surface area contributed by atoms with Gasteiger partial charge in [-0.15, -0.1) is 0 Å². The molecule has 52 heavy (non-hydrogen) atoms. The first-order chi connectivity index (χ1) is 25.4. The lowest BCUT2D eigenvalue weighted by atomic mass is 9.95. The Kier molecular flexibility index (Phi) is 30.1. The number of nitrogens with zero attached hydrogens (tertiary/aromatic N) is 1. The van der Waals surface area contributed by atoms with Crippen LogP contribution in [0.5, 0.6) is 5.75 Å². The van der Waals surface area contributed by atoms with E-state index in [1.165, 1.54) is 126 Å². The number of esters is 1. The molecule has 0 amide bonds. The molecule has 0 aliphatic heterocycles. The first kappa shape index (κ1) is 46.7. The van der Waals surface area contributed by atoms with Gasteiger partial charge in [-0.25, -0.2) is 0 Å². The van der Waals surface area contributed by atoms with Gasteiger partial charge in [-0.05, 0) is 88.5 Å². The molecule has 0 aromatic heterocycles. The van der Waals surface area contributed by atoms with Crippen molar-refractivity contribution in [3.05, 3.63) is 70.8 Å². The smallest absolute Gasteiger partial charge is 0.314 e. The van der Waals surface area contributed by atoms with Crippen molar-refractivity contribution in [2.75, 3.05) is 0 Å². The van der Waals surface area contributed by atoms with Crippen molar-refractivity contribution in [2.45, 2.75) is 187 Å². The molecule has 7 heteroatoms. The van der Waals surface area contributed by atoms with E-state index in [1.54, 1.807) is 0 Å². The summed E-state index contributed by atoms with van der Waals surface area (Å²) in [6.45, 7) is 4.49. The Morgan fingerprint density at radius 3 is 1.50 bits per heavy atom. The van der Waals surface area contributed by atoms with E-state index in [0.29, 0.717) is 12.8 Å². The molecule has 0 heterocycles. The minimum Gasteiger partial charge on any atom is -0.426 e. The Morgan fingerprint density at radius 1 is 0.596 bits per heavy atom. The minimum atomic E-state index is -0.656. The third-order valence-corrected chi connectivity index (χ3v) is 9.50. The summed E-state index contributed by atoms with van der Waals surface area (Å²) in [5.41, 5.74) is -0.0934. The van der Waals surface area contributed by atoms with E-state index in [0.717, 1.165) is 64.2 Å². The number of non-ortho nitro benzene ring substituents is 1. The molecule has 0 aliphatic carbocycles. The number of nitro groups is 1. The van der Waals surface area contributed by atoms with E-state index in [4.69, 9.17) is 4.74 Å². The van der Waals surface area contributed by atoms with Crippen LogP contribution in [0, 0.1) is 16.0 Å². The van der Waals surface area contributed by atoms with Crippen LogP contribution in [0.4, 0.5) is 5.69 Å². The number of unbranched alkanes of at least 4 members (excludes halogenated alkanes) is 20. The SMILES string of the molecule is CCCCCCCC/C=C\CCCCCCCC(=O)C=CC(=O)CC(CCCCC/C=C\CCCCCCCC)C(=O)Oc1ccc([N+](=O)[O-])cc1. The zero-order chi connectivity index (χ0) is 37.9. The van der Waals surface area contributed by atoms with Crippen molar-refractivity contribution in [1.29, 1.82) is 0 Å². The third kappa shape index (κ3) is 27.3. The number of carbonyl (C=O) groups excluding carboxylic acids is 3. The van der Waals surface area contributed by atoms with Crippen molar-refractivity contribution in [3.63, 3.8) is 0 Å². The average Bonchev–Trinajstić information content (AvgIpc) is 3.13. The Morgan fingerprint density at radius 2 is 1.02 bits per heavy atom. The van der Waals surface area contributed by atoms with Crippen LogP contribution >= 0.6 is 0 Å². The maximum Gasteiger partial charge on any atom is 0.314 e. The van der Waals surface area contributed by atoms with Crippen molar-refractivity contribution in [3.8, 4) is 5.75 Å². The topological polar surface area (TPSA) is 104 Å². The standard InChI is InChI=1S/C45H71NO6/c1-3-5-7-9-11-13-15-17-18-20-22-24-26-28-30-32-42(47)35-36-43(48)39-40(45(49)52-44-37-33-41(34-38-44)46(50)51)31-29-27-25-23-21-19-16-14-12-10-8-6-4-2/h17-19,21,33-38,40H,3-16,20,22-32,39H2,1-2H3/b18-17-,21-19-,36-35?. The highest BCUT2D eigenvalue weighted by molar-refractivity contribution is 5.99. The average molecular weight is 722 g/mol. The van der Waals surface area contributed by atoms with Crippen molar-refractivity contribution in [2.24, 2.45) is 5.92 Å². The zero-order valence-corrected chi connectivity index (χ0v) is 32.8. The van der Waals surface area contributed by atoms with Gasteiger partial charge in [-0.2, -0.15) is 0 Å². The molecule has 0 N–H and O–H groups in total. The van der Waals surface area contributed by atoms with Crippen molar-refractivity contribution in [1.82, 2.24) is 0 Å². The predicted molar refractivity (Wildman–Crippen MR) is 216 cm³/mol. The summed E-state index contributed by atoms with van der Waals surface area (Å²) in [5.74, 6) is -1.33. The molecule has 0 radical (unpaired) electrons. The van der Waals surface area contributed by atoms with E-state index in [2.05, 4.69) is 38.2 Å². The lowest BCUT2D eigenvalue weighted by Crippen LogP contribution is -2.23. The third-order valence-electron chi connectivity index (χ3n) is 9.50. The fourth-order valence-electron chi connectivity index (χ4n) is 6.20. The second-order valence-electron chi connectivity index (χ2n) is 14.3. The molecular formula is C45H71NO6. The largest absolute Gasteiger partial charge is 0.426 e. The number of nitro benzene ring substituents is 1. The highest BCUT2D eigenvalue weighted by Crippen LogP contribution is 2.22. The second kappa shape index (κ2) is 33.5. The van der Waals surface area contributed by atoms with Crippen LogP contribution in [0.2, 0.25) is 0 Å². The summed E-state index contributed by atoms with van der Waals surface area (Å²) >= 11 is 0. The van der Waals surface area contributed by atoms with Gasteiger partial charge in [0.2, 0.25) is 0 Å². The zero-order valence-electron chi connectivity index (χ0n) is 32.8. The first-order valence-electron chi connectivity index (χ1n) is 20.9. The van der Waals surface area contributed by atoms with Gasteiger partial charge in [-0.3, -0.25) is 24.5 Å². The number of rotatable bonds is 35. The van der Waals surface area contributed by atoms with E-state index in [-0.39, 0.29) is 29.4 Å². The van der Waals surface area contributed by atoms with Gasteiger partial charge in [0.25, 0.3) is 5.69 Å². The van der Waals surface area contributed by atoms with Gasteiger partial charge < -0.3 is 4.74 Å². The summed E-state index contributed by atoms with van der Waals surface area (Å²) in [5, 5.41) is 11.0. The van der Waals surface area contributed by atoms with E-state index >= 15 is 0 Å². The molecule has 0 bridgehead atoms. The van der Waals surface area contributed by atoms with Crippen LogP contribution in [0.3, 0.4) is 0 Å². The lowest BCUT2D eigenvalue weighted by molar-refractivity contribution is -0.384. The van der Waals surface area contributed by atoms with Crippen LogP contribution < -0.4 is 4.74 Å². The Labute approximate surface area is 316 Å². The normalized spacial score (nSPS) is 12.3. The Bertz CT molecular complexity index is 1170. The molecular weight excluding hydrogens is 650 g/mol. The highest BCUT2D eigenvalue weighted by Gasteiger charge is 2.23. The summed E-state index contributed by atoms with van der Waals surface area (Å²) in [6.07, 6.45) is 40.9. The van der Waals surface area contributed by atoms with Crippen molar-refractivity contribution >= 4 is 23.2 Å². The van der Waals surface area contributed by atoms with E-state index < -0.39 is 16.8 Å². The lowest BCUT2D eigenvalue weighted by Gasteiger charge is -2.14. The number of benzene rings is 1. The van der Waals surface area contributed by atoms with E-state index in [9.17, 15) is 24.5 Å². The molecule has 1 atom stereocenters. The predicted octanol–water partition coefficient (Wildman–Crippen LogP) is 13.5. The van der Waals surface area contributed by atoms with Crippen LogP contribution in [-0.4, -0.2) is 22.5 Å². The van der Waals surface area contributed by atoms with Crippen molar-refractivity contribution < 1.29 is 24.0 Å². The number of hydrogen-bond donors (Lipinski definition) is 0. The summed E-state index contributed by atoms with van der Waals surface area (Å²) < 4.78 is 5.52. The number of hydrogen-bond acceptors (Lipinski definition) is 6. The van der Waals surface area contributed by atoms with Gasteiger partial charge in [0.15, 0.2) is 11.6 Å². The fraction of sp³-hybridized carbons (Fsp3) is 0.667.